The molecule has 0 spiro atoms. The van der Waals surface area contributed by atoms with Gasteiger partial charge in [0.25, 0.3) is 0 Å². The molecule has 0 aliphatic carbocycles. The van der Waals surface area contributed by atoms with Crippen molar-refractivity contribution < 1.29 is 17.7 Å². The lowest BCUT2D eigenvalue weighted by atomic mass is 10.1. The molecule has 0 unspecified atom stereocenters. The maximum absolute atomic E-state index is 12.6. The molecule has 1 aromatic carbocycles. The highest BCUT2D eigenvalue weighted by molar-refractivity contribution is 7.88. The molecule has 26 heavy (non-hydrogen) atoms. The SMILES string of the molecule is Cc1noc(C)c1CC(=O)N1CCN(S(=O)(=O)Cc2ccccc2)CC1. The van der Waals surface area contributed by atoms with E-state index in [4.69, 9.17) is 4.52 Å². The number of piperazine rings is 1. The smallest absolute Gasteiger partial charge is 0.227 e. The Bertz CT molecular complexity index is 850. The number of carbonyl (C=O) groups excluding carboxylic acids is 1. The first-order valence-corrected chi connectivity index (χ1v) is 10.2. The van der Waals surface area contributed by atoms with Crippen molar-refractivity contribution in [2.75, 3.05) is 26.2 Å². The Morgan fingerprint density at radius 1 is 1.12 bits per heavy atom. The minimum Gasteiger partial charge on any atom is -0.361 e. The predicted molar refractivity (Wildman–Crippen MR) is 96.9 cm³/mol. The number of aryl methyl sites for hydroxylation is 2. The number of aromatic nitrogens is 1. The molecule has 8 heteroatoms. The normalized spacial score (nSPS) is 16.0. The lowest BCUT2D eigenvalue weighted by molar-refractivity contribution is -0.131. The number of hydrogen-bond donors (Lipinski definition) is 0. The van der Waals surface area contributed by atoms with E-state index in [0.717, 1.165) is 16.8 Å². The van der Waals surface area contributed by atoms with Crippen molar-refractivity contribution in [2.45, 2.75) is 26.0 Å². The Morgan fingerprint density at radius 3 is 2.35 bits per heavy atom. The number of benzene rings is 1. The molecule has 0 atom stereocenters. The maximum Gasteiger partial charge on any atom is 0.227 e. The van der Waals surface area contributed by atoms with E-state index in [1.165, 1.54) is 4.31 Å². The third-order valence-electron chi connectivity index (χ3n) is 4.69. The van der Waals surface area contributed by atoms with E-state index >= 15 is 0 Å². The molecule has 1 saturated heterocycles. The van der Waals surface area contributed by atoms with Crippen molar-refractivity contribution in [1.82, 2.24) is 14.4 Å². The van der Waals surface area contributed by atoms with Crippen LogP contribution >= 0.6 is 0 Å². The fourth-order valence-electron chi connectivity index (χ4n) is 3.11. The summed E-state index contributed by atoms with van der Waals surface area (Å²) < 4.78 is 31.7. The number of amides is 1. The summed E-state index contributed by atoms with van der Waals surface area (Å²) >= 11 is 0. The molecule has 0 N–H and O–H groups in total. The Morgan fingerprint density at radius 2 is 1.77 bits per heavy atom. The molecule has 0 bridgehead atoms. The van der Waals surface area contributed by atoms with Gasteiger partial charge in [0.2, 0.25) is 15.9 Å². The summed E-state index contributed by atoms with van der Waals surface area (Å²) in [6.45, 7) is 5.04. The van der Waals surface area contributed by atoms with E-state index in [0.29, 0.717) is 31.9 Å². The van der Waals surface area contributed by atoms with Crippen LogP contribution in [0.2, 0.25) is 0 Å². The minimum absolute atomic E-state index is 0.0130. The van der Waals surface area contributed by atoms with Crippen LogP contribution in [0.3, 0.4) is 0 Å². The largest absolute Gasteiger partial charge is 0.361 e. The highest BCUT2D eigenvalue weighted by Crippen LogP contribution is 2.17. The molecular formula is C18H23N3O4S. The third-order valence-corrected chi connectivity index (χ3v) is 6.54. The van der Waals surface area contributed by atoms with Crippen molar-refractivity contribution in [3.05, 3.63) is 52.9 Å². The molecule has 2 heterocycles. The Hall–Kier alpha value is -2.19. The van der Waals surface area contributed by atoms with Gasteiger partial charge in [-0.25, -0.2) is 8.42 Å². The molecule has 1 aliphatic heterocycles. The van der Waals surface area contributed by atoms with E-state index < -0.39 is 10.0 Å². The quantitative estimate of drug-likeness (QED) is 0.789. The van der Waals surface area contributed by atoms with E-state index in [9.17, 15) is 13.2 Å². The van der Waals surface area contributed by atoms with Crippen LogP contribution in [0, 0.1) is 13.8 Å². The minimum atomic E-state index is -3.38. The zero-order chi connectivity index (χ0) is 18.7. The number of sulfonamides is 1. The zero-order valence-electron chi connectivity index (χ0n) is 15.0. The van der Waals surface area contributed by atoms with Crippen LogP contribution in [0.5, 0.6) is 0 Å². The fourth-order valence-corrected chi connectivity index (χ4v) is 4.63. The number of rotatable bonds is 5. The van der Waals surface area contributed by atoms with E-state index in [2.05, 4.69) is 5.16 Å². The fraction of sp³-hybridized carbons (Fsp3) is 0.444. The van der Waals surface area contributed by atoms with Crippen LogP contribution in [-0.4, -0.2) is 54.9 Å². The molecule has 1 aromatic heterocycles. The van der Waals surface area contributed by atoms with Crippen molar-refractivity contribution in [3.8, 4) is 0 Å². The first kappa shape index (κ1) is 18.6. The van der Waals surface area contributed by atoms with Gasteiger partial charge < -0.3 is 9.42 Å². The van der Waals surface area contributed by atoms with Gasteiger partial charge in [0.1, 0.15) is 5.76 Å². The average Bonchev–Trinajstić information content (AvgIpc) is 2.94. The van der Waals surface area contributed by atoms with E-state index in [1.54, 1.807) is 24.0 Å². The predicted octanol–water partition coefficient (Wildman–Crippen LogP) is 1.51. The summed E-state index contributed by atoms with van der Waals surface area (Å²) in [5.41, 5.74) is 2.30. The highest BCUT2D eigenvalue weighted by atomic mass is 32.2. The van der Waals surface area contributed by atoms with Gasteiger partial charge in [-0.3, -0.25) is 4.79 Å². The maximum atomic E-state index is 12.6. The molecule has 140 valence electrons. The molecule has 2 aromatic rings. The third kappa shape index (κ3) is 4.13. The average molecular weight is 377 g/mol. The summed E-state index contributed by atoms with van der Waals surface area (Å²) in [6.07, 6.45) is 0.234. The molecular weight excluding hydrogens is 354 g/mol. The van der Waals surface area contributed by atoms with Crippen LogP contribution in [0.1, 0.15) is 22.6 Å². The van der Waals surface area contributed by atoms with Gasteiger partial charge in [0, 0.05) is 31.7 Å². The van der Waals surface area contributed by atoms with Crippen molar-refractivity contribution in [3.63, 3.8) is 0 Å². The molecule has 1 aliphatic rings. The van der Waals surface area contributed by atoms with Gasteiger partial charge in [-0.05, 0) is 19.4 Å². The van der Waals surface area contributed by atoms with Crippen molar-refractivity contribution >= 4 is 15.9 Å². The molecule has 0 saturated carbocycles. The van der Waals surface area contributed by atoms with Crippen LogP contribution in [0.25, 0.3) is 0 Å². The summed E-state index contributed by atoms with van der Waals surface area (Å²) in [5, 5.41) is 3.87. The van der Waals surface area contributed by atoms with Gasteiger partial charge in [-0.2, -0.15) is 4.31 Å². The Balaban J connectivity index is 1.57. The van der Waals surface area contributed by atoms with Gasteiger partial charge in [0.05, 0.1) is 17.9 Å². The van der Waals surface area contributed by atoms with Gasteiger partial charge in [0.15, 0.2) is 0 Å². The monoisotopic (exact) mass is 377 g/mol. The van der Waals surface area contributed by atoms with Crippen LogP contribution < -0.4 is 0 Å². The van der Waals surface area contributed by atoms with E-state index in [-0.39, 0.29) is 18.1 Å². The van der Waals surface area contributed by atoms with Gasteiger partial charge >= 0.3 is 0 Å². The van der Waals surface area contributed by atoms with E-state index in [1.807, 2.05) is 25.1 Å². The number of carbonyl (C=O) groups is 1. The summed E-state index contributed by atoms with van der Waals surface area (Å²) in [5.74, 6) is 0.611. The Kier molecular flexibility index (Phi) is 5.43. The lowest BCUT2D eigenvalue weighted by Gasteiger charge is -2.34. The standard InChI is InChI=1S/C18H23N3O4S/c1-14-17(15(2)25-19-14)12-18(22)20-8-10-21(11-9-20)26(23,24)13-16-6-4-3-5-7-16/h3-7H,8-13H2,1-2H3. The first-order chi connectivity index (χ1) is 12.4. The van der Waals surface area contributed by atoms with Crippen LogP contribution in [0.15, 0.2) is 34.9 Å². The highest BCUT2D eigenvalue weighted by Gasteiger charge is 2.29. The second kappa shape index (κ2) is 7.59. The number of hydrogen-bond acceptors (Lipinski definition) is 5. The second-order valence-corrected chi connectivity index (χ2v) is 8.47. The first-order valence-electron chi connectivity index (χ1n) is 8.58. The van der Waals surface area contributed by atoms with Crippen LogP contribution in [0.4, 0.5) is 0 Å². The van der Waals surface area contributed by atoms with Gasteiger partial charge in [-0.15, -0.1) is 0 Å². The Labute approximate surface area is 153 Å². The van der Waals surface area contributed by atoms with Crippen molar-refractivity contribution in [1.29, 1.82) is 0 Å². The zero-order valence-corrected chi connectivity index (χ0v) is 15.8. The van der Waals surface area contributed by atoms with Crippen molar-refractivity contribution in [2.24, 2.45) is 0 Å². The summed E-state index contributed by atoms with van der Waals surface area (Å²) in [7, 11) is -3.38. The van der Waals surface area contributed by atoms with Crippen LogP contribution in [-0.2, 0) is 27.0 Å². The summed E-state index contributed by atoms with van der Waals surface area (Å²) in [6, 6.07) is 9.13. The molecule has 1 fully saturated rings. The summed E-state index contributed by atoms with van der Waals surface area (Å²) in [4.78, 5) is 14.2. The second-order valence-electron chi connectivity index (χ2n) is 6.50. The molecule has 3 rings (SSSR count). The number of nitrogens with zero attached hydrogens (tertiary/aromatic N) is 3. The lowest BCUT2D eigenvalue weighted by Crippen LogP contribution is -2.51. The molecule has 1 amide bonds. The molecule has 7 nitrogen and oxygen atoms in total. The molecule has 0 radical (unpaired) electrons. The topological polar surface area (TPSA) is 83.7 Å². The van der Waals surface area contributed by atoms with Gasteiger partial charge in [-0.1, -0.05) is 35.5 Å².